The normalized spacial score (nSPS) is 10.7. The number of hydrazone groups is 1. The number of ether oxygens (including phenoxy) is 2. The molecule has 7 heteroatoms. The summed E-state index contributed by atoms with van der Waals surface area (Å²) in [6.07, 6.45) is 3.18. The molecule has 1 N–H and O–H groups in total. The monoisotopic (exact) mass is 450 g/mol. The molecule has 0 spiro atoms. The molecule has 27 heavy (non-hydrogen) atoms. The third kappa shape index (κ3) is 5.84. The highest BCUT2D eigenvalue weighted by molar-refractivity contribution is 9.10. The van der Waals surface area contributed by atoms with Gasteiger partial charge in [-0.25, -0.2) is 5.43 Å². The number of carbonyl (C=O) groups is 1. The van der Waals surface area contributed by atoms with Crippen LogP contribution in [0.4, 0.5) is 0 Å². The Hall–Kier alpha value is -2.31. The Kier molecular flexibility index (Phi) is 7.88. The molecule has 2 aromatic rings. The van der Waals surface area contributed by atoms with Gasteiger partial charge in [0.25, 0.3) is 5.91 Å². The lowest BCUT2D eigenvalue weighted by Gasteiger charge is -2.13. The van der Waals surface area contributed by atoms with Gasteiger partial charge in [0.05, 0.1) is 17.3 Å². The van der Waals surface area contributed by atoms with E-state index in [1.807, 2.05) is 19.9 Å². The molecule has 1 amide bonds. The molecular formula is C20H20BrClN2O3. The fourth-order valence-corrected chi connectivity index (χ4v) is 2.93. The fraction of sp³-hybridized carbons (Fsp3) is 0.200. The quantitative estimate of drug-likeness (QED) is 0.343. The zero-order chi connectivity index (χ0) is 19.8. The minimum atomic E-state index is -0.344. The van der Waals surface area contributed by atoms with E-state index in [4.69, 9.17) is 21.1 Å². The third-order valence-corrected chi connectivity index (χ3v) is 4.49. The molecule has 0 aliphatic carbocycles. The van der Waals surface area contributed by atoms with Crippen molar-refractivity contribution in [3.8, 4) is 11.5 Å². The van der Waals surface area contributed by atoms with Crippen LogP contribution in [0.5, 0.6) is 11.5 Å². The van der Waals surface area contributed by atoms with Crippen LogP contribution in [0.3, 0.4) is 0 Å². The van der Waals surface area contributed by atoms with Gasteiger partial charge in [0.15, 0.2) is 11.5 Å². The second-order valence-corrected chi connectivity index (χ2v) is 6.79. The van der Waals surface area contributed by atoms with Crippen LogP contribution in [0, 0.1) is 6.92 Å². The molecule has 0 saturated heterocycles. The Morgan fingerprint density at radius 3 is 2.78 bits per heavy atom. The maximum atomic E-state index is 12.2. The van der Waals surface area contributed by atoms with Crippen molar-refractivity contribution in [3.05, 3.63) is 69.2 Å². The standard InChI is InChI=1S/C20H20BrClN2O3/c1-4-8-27-19-16(21)9-14(10-18(19)26-5-2)12-23-24-20(25)15-7-6-13(3)17(22)11-15/h4,6-7,9-12H,1,5,8H2,2-3H3,(H,24,25)/b23-12-. The number of carbonyl (C=O) groups excluding carboxylic acids is 1. The lowest BCUT2D eigenvalue weighted by molar-refractivity contribution is 0.0955. The number of hydrogen-bond donors (Lipinski definition) is 1. The van der Waals surface area contributed by atoms with Gasteiger partial charge in [-0.2, -0.15) is 5.10 Å². The van der Waals surface area contributed by atoms with Crippen LogP contribution in [0.2, 0.25) is 5.02 Å². The molecule has 0 bridgehead atoms. The number of rotatable bonds is 8. The summed E-state index contributed by atoms with van der Waals surface area (Å²) < 4.78 is 12.0. The van der Waals surface area contributed by atoms with Crippen molar-refractivity contribution in [2.75, 3.05) is 13.2 Å². The van der Waals surface area contributed by atoms with E-state index < -0.39 is 0 Å². The van der Waals surface area contributed by atoms with Crippen molar-refractivity contribution in [2.24, 2.45) is 5.10 Å². The van der Waals surface area contributed by atoms with Gasteiger partial charge in [0, 0.05) is 10.6 Å². The summed E-state index contributed by atoms with van der Waals surface area (Å²) in [5, 5.41) is 4.54. The highest BCUT2D eigenvalue weighted by atomic mass is 79.9. The van der Waals surface area contributed by atoms with E-state index in [-0.39, 0.29) is 5.91 Å². The molecule has 2 rings (SSSR count). The smallest absolute Gasteiger partial charge is 0.271 e. The molecule has 0 saturated carbocycles. The zero-order valence-electron chi connectivity index (χ0n) is 15.1. The van der Waals surface area contributed by atoms with E-state index >= 15 is 0 Å². The zero-order valence-corrected chi connectivity index (χ0v) is 17.4. The predicted octanol–water partition coefficient (Wildman–Crippen LogP) is 5.14. The van der Waals surface area contributed by atoms with E-state index in [2.05, 4.69) is 33.0 Å². The van der Waals surface area contributed by atoms with Gasteiger partial charge in [-0.3, -0.25) is 4.79 Å². The second kappa shape index (κ2) is 10.1. The van der Waals surface area contributed by atoms with Crippen LogP contribution < -0.4 is 14.9 Å². The Balaban J connectivity index is 2.14. The lowest BCUT2D eigenvalue weighted by atomic mass is 10.1. The minimum Gasteiger partial charge on any atom is -0.490 e. The summed E-state index contributed by atoms with van der Waals surface area (Å²) in [5.74, 6) is 0.822. The van der Waals surface area contributed by atoms with Gasteiger partial charge in [-0.05, 0) is 65.2 Å². The second-order valence-electron chi connectivity index (χ2n) is 5.53. The summed E-state index contributed by atoms with van der Waals surface area (Å²) in [4.78, 5) is 12.2. The minimum absolute atomic E-state index is 0.344. The molecule has 0 unspecified atom stereocenters. The number of nitrogens with one attached hydrogen (secondary N) is 1. The molecule has 5 nitrogen and oxygen atoms in total. The van der Waals surface area contributed by atoms with Crippen molar-refractivity contribution in [1.29, 1.82) is 0 Å². The van der Waals surface area contributed by atoms with E-state index in [1.165, 1.54) is 6.21 Å². The van der Waals surface area contributed by atoms with Gasteiger partial charge in [0.2, 0.25) is 0 Å². The van der Waals surface area contributed by atoms with Gasteiger partial charge < -0.3 is 9.47 Å². The van der Waals surface area contributed by atoms with Crippen LogP contribution in [0.15, 0.2) is 52.6 Å². The van der Waals surface area contributed by atoms with Crippen molar-refractivity contribution in [3.63, 3.8) is 0 Å². The first kappa shape index (κ1) is 21.0. The number of hydrogen-bond acceptors (Lipinski definition) is 4. The molecule has 0 heterocycles. The summed E-state index contributed by atoms with van der Waals surface area (Å²) >= 11 is 9.52. The first-order valence-electron chi connectivity index (χ1n) is 8.25. The molecule has 0 aliphatic rings. The largest absolute Gasteiger partial charge is 0.490 e. The first-order valence-corrected chi connectivity index (χ1v) is 9.43. The van der Waals surface area contributed by atoms with Gasteiger partial charge >= 0.3 is 0 Å². The summed E-state index contributed by atoms with van der Waals surface area (Å²) in [7, 11) is 0. The van der Waals surface area contributed by atoms with E-state index in [0.717, 1.165) is 11.1 Å². The maximum absolute atomic E-state index is 12.2. The molecule has 142 valence electrons. The molecule has 2 aromatic carbocycles. The Bertz CT molecular complexity index is 869. The van der Waals surface area contributed by atoms with Crippen molar-refractivity contribution >= 4 is 39.7 Å². The van der Waals surface area contributed by atoms with E-state index in [9.17, 15) is 4.79 Å². The van der Waals surface area contributed by atoms with Gasteiger partial charge in [0.1, 0.15) is 6.61 Å². The molecule has 0 aliphatic heterocycles. The summed E-state index contributed by atoms with van der Waals surface area (Å²) in [5.41, 5.74) is 4.56. The fourth-order valence-electron chi connectivity index (χ4n) is 2.17. The highest BCUT2D eigenvalue weighted by Crippen LogP contribution is 2.36. The van der Waals surface area contributed by atoms with Gasteiger partial charge in [-0.15, -0.1) is 0 Å². The molecule has 0 atom stereocenters. The number of amides is 1. The van der Waals surface area contributed by atoms with Crippen LogP contribution in [0.1, 0.15) is 28.4 Å². The average Bonchev–Trinajstić information content (AvgIpc) is 2.63. The highest BCUT2D eigenvalue weighted by Gasteiger charge is 2.11. The maximum Gasteiger partial charge on any atom is 0.271 e. The Morgan fingerprint density at radius 2 is 2.11 bits per heavy atom. The Labute approximate surface area is 172 Å². The topological polar surface area (TPSA) is 59.9 Å². The van der Waals surface area contributed by atoms with Crippen molar-refractivity contribution in [1.82, 2.24) is 5.43 Å². The average molecular weight is 452 g/mol. The third-order valence-electron chi connectivity index (χ3n) is 3.49. The van der Waals surface area contributed by atoms with Crippen molar-refractivity contribution in [2.45, 2.75) is 13.8 Å². The van der Waals surface area contributed by atoms with Crippen LogP contribution >= 0.6 is 27.5 Å². The van der Waals surface area contributed by atoms with Crippen LogP contribution in [-0.2, 0) is 0 Å². The Morgan fingerprint density at radius 1 is 1.33 bits per heavy atom. The van der Waals surface area contributed by atoms with E-state index in [1.54, 1.807) is 30.3 Å². The molecule has 0 fully saturated rings. The molecule has 0 radical (unpaired) electrons. The van der Waals surface area contributed by atoms with E-state index in [0.29, 0.717) is 39.8 Å². The molecular weight excluding hydrogens is 432 g/mol. The van der Waals surface area contributed by atoms with Crippen molar-refractivity contribution < 1.29 is 14.3 Å². The number of aryl methyl sites for hydroxylation is 1. The summed E-state index contributed by atoms with van der Waals surface area (Å²) in [6.45, 7) is 8.25. The predicted molar refractivity (Wildman–Crippen MR) is 112 cm³/mol. The van der Waals surface area contributed by atoms with Gasteiger partial charge in [-0.1, -0.05) is 30.3 Å². The lowest BCUT2D eigenvalue weighted by Crippen LogP contribution is -2.17. The number of halogens is 2. The van der Waals surface area contributed by atoms with Crippen LogP contribution in [-0.4, -0.2) is 25.3 Å². The number of nitrogens with zero attached hydrogens (tertiary/aromatic N) is 1. The number of benzene rings is 2. The summed E-state index contributed by atoms with van der Waals surface area (Å²) in [6, 6.07) is 8.69. The first-order chi connectivity index (χ1) is 13.0. The molecule has 0 aromatic heterocycles. The SMILES string of the molecule is C=CCOc1c(Br)cc(/C=N\NC(=O)c2ccc(C)c(Cl)c2)cc1OCC. The van der Waals surface area contributed by atoms with Crippen LogP contribution in [0.25, 0.3) is 0 Å².